The van der Waals surface area contributed by atoms with Crippen LogP contribution in [0.1, 0.15) is 0 Å². The molecule has 5 aromatic rings. The Morgan fingerprint density at radius 3 is 2.26 bits per heavy atom. The number of fused-ring (bicyclic) bond motifs is 2. The van der Waals surface area contributed by atoms with Crippen molar-refractivity contribution in [2.24, 2.45) is 0 Å². The van der Waals surface area contributed by atoms with E-state index >= 15 is 0 Å². The van der Waals surface area contributed by atoms with E-state index < -0.39 is 0 Å². The van der Waals surface area contributed by atoms with Crippen LogP contribution in [0.5, 0.6) is 0 Å². The zero-order valence-electron chi connectivity index (χ0n) is 14.4. The largest absolute Gasteiger partial charge is 0.456 e. The van der Waals surface area contributed by atoms with E-state index in [9.17, 15) is 4.79 Å². The highest BCUT2D eigenvalue weighted by Crippen LogP contribution is 2.30. The van der Waals surface area contributed by atoms with Crippen molar-refractivity contribution in [3.8, 4) is 22.5 Å². The van der Waals surface area contributed by atoms with Gasteiger partial charge in [-0.05, 0) is 23.1 Å². The van der Waals surface area contributed by atoms with Crippen LogP contribution in [0.25, 0.3) is 44.2 Å². The lowest BCUT2D eigenvalue weighted by molar-refractivity contribution is 0.619. The van der Waals surface area contributed by atoms with Crippen LogP contribution in [-0.2, 0) is 0 Å². The fraction of sp³-hybridized carbons (Fsp3) is 0. The molecular weight excluding hydrogens is 334 g/mol. The van der Waals surface area contributed by atoms with Crippen molar-refractivity contribution in [2.45, 2.75) is 0 Å². The van der Waals surface area contributed by atoms with Crippen LogP contribution in [0.3, 0.4) is 0 Å². The van der Waals surface area contributed by atoms with Crippen LogP contribution in [0.2, 0.25) is 0 Å². The van der Waals surface area contributed by atoms with Gasteiger partial charge in [0.15, 0.2) is 5.43 Å². The van der Waals surface area contributed by atoms with Crippen LogP contribution in [0.4, 0.5) is 0 Å². The summed E-state index contributed by atoms with van der Waals surface area (Å²) < 4.78 is 5.93. The molecule has 128 valence electrons. The molecule has 0 saturated carbocycles. The molecule has 0 unspecified atom stereocenters. The fourth-order valence-electron chi connectivity index (χ4n) is 3.41. The zero-order valence-corrected chi connectivity index (χ0v) is 14.4. The van der Waals surface area contributed by atoms with Crippen LogP contribution in [-0.4, -0.2) is 4.98 Å². The van der Waals surface area contributed by atoms with Crippen molar-refractivity contribution >= 4 is 21.7 Å². The maximum absolute atomic E-state index is 12.3. The predicted octanol–water partition coefficient (Wildman–Crippen LogP) is 5.68. The summed E-state index contributed by atoms with van der Waals surface area (Å²) in [6.45, 7) is 0. The quantitative estimate of drug-likeness (QED) is 0.412. The molecule has 0 N–H and O–H groups in total. The Morgan fingerprint density at radius 2 is 1.41 bits per heavy atom. The summed E-state index contributed by atoms with van der Waals surface area (Å²) in [5.74, 6) is 0.571. The minimum Gasteiger partial charge on any atom is -0.456 e. The second-order valence-corrected chi connectivity index (χ2v) is 6.46. The molecule has 2 heterocycles. The van der Waals surface area contributed by atoms with E-state index in [1.807, 2.05) is 67.0 Å². The van der Waals surface area contributed by atoms with E-state index in [0.717, 1.165) is 27.5 Å². The third kappa shape index (κ3) is 2.70. The third-order valence-corrected chi connectivity index (χ3v) is 4.78. The van der Waals surface area contributed by atoms with Gasteiger partial charge in [0.2, 0.25) is 0 Å². The van der Waals surface area contributed by atoms with Gasteiger partial charge in [0.25, 0.3) is 0 Å². The standard InChI is InChI=1S/C24H15NO2/c26-22-13-24(27-23-8-4-3-7-20(22)23)17-11-9-16(10-12-17)21-15-25-14-18-5-1-2-6-19(18)21/h1-15H. The molecule has 3 aromatic carbocycles. The van der Waals surface area contributed by atoms with E-state index in [1.54, 1.807) is 12.1 Å². The lowest BCUT2D eigenvalue weighted by Gasteiger charge is -2.08. The Morgan fingerprint density at radius 1 is 0.704 bits per heavy atom. The topological polar surface area (TPSA) is 43.1 Å². The lowest BCUT2D eigenvalue weighted by atomic mass is 9.99. The van der Waals surface area contributed by atoms with Gasteiger partial charge in [-0.2, -0.15) is 0 Å². The van der Waals surface area contributed by atoms with Gasteiger partial charge in [0.1, 0.15) is 11.3 Å². The average molecular weight is 349 g/mol. The van der Waals surface area contributed by atoms with E-state index in [2.05, 4.69) is 17.1 Å². The maximum atomic E-state index is 12.3. The summed E-state index contributed by atoms with van der Waals surface area (Å²) in [6, 6.07) is 25.1. The Labute approximate surface area is 155 Å². The van der Waals surface area contributed by atoms with E-state index in [4.69, 9.17) is 4.42 Å². The number of aromatic nitrogens is 1. The van der Waals surface area contributed by atoms with Gasteiger partial charge in [0.05, 0.1) is 5.39 Å². The highest BCUT2D eigenvalue weighted by molar-refractivity contribution is 5.95. The number of benzene rings is 3. The smallest absolute Gasteiger partial charge is 0.193 e. The van der Waals surface area contributed by atoms with Gasteiger partial charge < -0.3 is 4.42 Å². The number of nitrogens with zero attached hydrogens (tertiary/aromatic N) is 1. The van der Waals surface area contributed by atoms with Gasteiger partial charge >= 0.3 is 0 Å². The van der Waals surface area contributed by atoms with Crippen LogP contribution in [0, 0.1) is 0 Å². The molecule has 3 heteroatoms. The Kier molecular flexibility index (Phi) is 3.58. The molecule has 2 aromatic heterocycles. The van der Waals surface area contributed by atoms with E-state index in [-0.39, 0.29) is 5.43 Å². The first-order chi connectivity index (χ1) is 13.3. The summed E-state index contributed by atoms with van der Waals surface area (Å²) in [4.78, 5) is 16.7. The van der Waals surface area contributed by atoms with Crippen molar-refractivity contribution in [3.63, 3.8) is 0 Å². The first-order valence-electron chi connectivity index (χ1n) is 8.76. The van der Waals surface area contributed by atoms with Gasteiger partial charge in [-0.15, -0.1) is 0 Å². The van der Waals surface area contributed by atoms with Crippen molar-refractivity contribution < 1.29 is 4.42 Å². The zero-order chi connectivity index (χ0) is 18.2. The Hall–Kier alpha value is -3.72. The van der Waals surface area contributed by atoms with Gasteiger partial charge in [0, 0.05) is 35.0 Å². The molecular formula is C24H15NO2. The van der Waals surface area contributed by atoms with Crippen LogP contribution in [0.15, 0.2) is 100 Å². The highest BCUT2D eigenvalue weighted by Gasteiger charge is 2.08. The summed E-state index contributed by atoms with van der Waals surface area (Å²) in [5, 5.41) is 2.87. The fourth-order valence-corrected chi connectivity index (χ4v) is 3.41. The molecule has 0 saturated heterocycles. The molecule has 0 atom stereocenters. The molecule has 0 radical (unpaired) electrons. The highest BCUT2D eigenvalue weighted by atomic mass is 16.3. The normalized spacial score (nSPS) is 11.1. The first kappa shape index (κ1) is 15.5. The van der Waals surface area contributed by atoms with Gasteiger partial charge in [-0.1, -0.05) is 60.7 Å². The third-order valence-electron chi connectivity index (χ3n) is 4.78. The van der Waals surface area contributed by atoms with Gasteiger partial charge in [-0.25, -0.2) is 0 Å². The average Bonchev–Trinajstić information content (AvgIpc) is 2.73. The molecule has 27 heavy (non-hydrogen) atoms. The number of rotatable bonds is 2. The molecule has 0 spiro atoms. The minimum absolute atomic E-state index is 0.0332. The molecule has 5 rings (SSSR count). The second-order valence-electron chi connectivity index (χ2n) is 6.46. The molecule has 0 amide bonds. The Bertz CT molecular complexity index is 1330. The summed E-state index contributed by atoms with van der Waals surface area (Å²) in [7, 11) is 0. The van der Waals surface area contributed by atoms with Gasteiger partial charge in [-0.3, -0.25) is 9.78 Å². The minimum atomic E-state index is -0.0332. The monoisotopic (exact) mass is 349 g/mol. The molecule has 0 fully saturated rings. The summed E-state index contributed by atoms with van der Waals surface area (Å²) in [5.41, 5.74) is 3.59. The predicted molar refractivity (Wildman–Crippen MR) is 109 cm³/mol. The molecule has 0 bridgehead atoms. The van der Waals surface area contributed by atoms with Crippen molar-refractivity contribution in [2.75, 3.05) is 0 Å². The molecule has 0 aliphatic rings. The number of pyridine rings is 1. The number of hydrogen-bond acceptors (Lipinski definition) is 3. The lowest BCUT2D eigenvalue weighted by Crippen LogP contribution is -1.99. The maximum Gasteiger partial charge on any atom is 0.193 e. The number of hydrogen-bond donors (Lipinski definition) is 0. The summed E-state index contributed by atoms with van der Waals surface area (Å²) in [6.07, 6.45) is 3.75. The molecule has 3 nitrogen and oxygen atoms in total. The molecule has 0 aliphatic heterocycles. The molecule has 0 aliphatic carbocycles. The van der Waals surface area contributed by atoms with Crippen molar-refractivity contribution in [3.05, 3.63) is 101 Å². The second kappa shape index (κ2) is 6.22. The van der Waals surface area contributed by atoms with Crippen molar-refractivity contribution in [1.29, 1.82) is 0 Å². The Balaban J connectivity index is 1.60. The van der Waals surface area contributed by atoms with Crippen LogP contribution >= 0.6 is 0 Å². The van der Waals surface area contributed by atoms with Crippen molar-refractivity contribution in [1.82, 2.24) is 4.98 Å². The van der Waals surface area contributed by atoms with E-state index in [1.165, 1.54) is 0 Å². The number of para-hydroxylation sites is 1. The van der Waals surface area contributed by atoms with E-state index in [0.29, 0.717) is 16.7 Å². The SMILES string of the molecule is O=c1cc(-c2ccc(-c3cncc4ccccc34)cc2)oc2ccccc12. The first-order valence-corrected chi connectivity index (χ1v) is 8.76. The van der Waals surface area contributed by atoms with Crippen LogP contribution < -0.4 is 5.43 Å². The summed E-state index contributed by atoms with van der Waals surface area (Å²) >= 11 is 0.